The number of carbonyl (C=O) groups excluding carboxylic acids is 1. The van der Waals surface area contributed by atoms with Gasteiger partial charge in [0.1, 0.15) is 0 Å². The summed E-state index contributed by atoms with van der Waals surface area (Å²) in [6.45, 7) is 0.755. The quantitative estimate of drug-likeness (QED) is 0.781. The van der Waals surface area contributed by atoms with Gasteiger partial charge >= 0.3 is 6.03 Å². The summed E-state index contributed by atoms with van der Waals surface area (Å²) < 4.78 is 5.69. The predicted molar refractivity (Wildman–Crippen MR) is 77.8 cm³/mol. The second kappa shape index (κ2) is 5.60. The molecule has 1 aromatic carbocycles. The minimum absolute atomic E-state index is 0.0173. The number of urea groups is 1. The molecule has 4 unspecified atom stereocenters. The molecule has 1 aromatic rings. The average molecular weight is 296 g/mol. The smallest absolute Gasteiger partial charge is 0.319 e. The van der Waals surface area contributed by atoms with Gasteiger partial charge in [0.2, 0.25) is 0 Å². The Labute approximate surface area is 122 Å². The summed E-state index contributed by atoms with van der Waals surface area (Å²) in [6, 6.07) is 6.58. The summed E-state index contributed by atoms with van der Waals surface area (Å²) >= 11 is 5.80. The first-order valence-electron chi connectivity index (χ1n) is 6.85. The van der Waals surface area contributed by atoms with E-state index in [2.05, 4.69) is 10.6 Å². The fourth-order valence-electron chi connectivity index (χ4n) is 2.98. The molecule has 1 saturated heterocycles. The Morgan fingerprint density at radius 1 is 1.35 bits per heavy atom. The number of halogens is 1. The van der Waals surface area contributed by atoms with E-state index in [1.165, 1.54) is 0 Å². The molecule has 2 amide bonds. The van der Waals surface area contributed by atoms with Gasteiger partial charge in [-0.1, -0.05) is 11.6 Å². The van der Waals surface area contributed by atoms with Crippen LogP contribution in [0.5, 0.6) is 0 Å². The van der Waals surface area contributed by atoms with E-state index < -0.39 is 0 Å². The van der Waals surface area contributed by atoms with Crippen LogP contribution < -0.4 is 16.4 Å². The second-order valence-electron chi connectivity index (χ2n) is 5.35. The van der Waals surface area contributed by atoms with Crippen molar-refractivity contribution >= 4 is 23.3 Å². The molecule has 0 bridgehead atoms. The zero-order valence-corrected chi connectivity index (χ0v) is 11.8. The Morgan fingerprint density at radius 2 is 2.10 bits per heavy atom. The third-order valence-electron chi connectivity index (χ3n) is 4.08. The lowest BCUT2D eigenvalue weighted by Crippen LogP contribution is -2.72. The Kier molecular flexibility index (Phi) is 3.83. The number of amides is 2. The molecular weight excluding hydrogens is 278 g/mol. The molecule has 4 atom stereocenters. The third-order valence-corrected chi connectivity index (χ3v) is 4.33. The highest BCUT2D eigenvalue weighted by atomic mass is 35.5. The van der Waals surface area contributed by atoms with Gasteiger partial charge in [0, 0.05) is 29.3 Å². The number of ether oxygens (including phenoxy) is 1. The predicted octanol–water partition coefficient (Wildman–Crippen LogP) is 1.97. The highest BCUT2D eigenvalue weighted by Gasteiger charge is 2.51. The van der Waals surface area contributed by atoms with Crippen molar-refractivity contribution in [1.82, 2.24) is 5.32 Å². The molecule has 0 spiro atoms. The van der Waals surface area contributed by atoms with Crippen LogP contribution >= 0.6 is 11.6 Å². The van der Waals surface area contributed by atoms with Gasteiger partial charge in [0.25, 0.3) is 0 Å². The summed E-state index contributed by atoms with van der Waals surface area (Å²) in [6.07, 6.45) is 2.20. The second-order valence-corrected chi connectivity index (χ2v) is 5.79. The lowest BCUT2D eigenvalue weighted by Gasteiger charge is -2.52. The Balaban J connectivity index is 1.55. The van der Waals surface area contributed by atoms with Crippen molar-refractivity contribution in [1.29, 1.82) is 0 Å². The number of hydrogen-bond acceptors (Lipinski definition) is 3. The number of nitrogens with one attached hydrogen (secondary N) is 2. The summed E-state index contributed by atoms with van der Waals surface area (Å²) in [5, 5.41) is 6.29. The maximum Gasteiger partial charge on any atom is 0.319 e. The van der Waals surface area contributed by atoms with E-state index in [0.717, 1.165) is 19.4 Å². The molecule has 6 heteroatoms. The van der Waals surface area contributed by atoms with E-state index in [1.54, 1.807) is 24.3 Å². The Hall–Kier alpha value is -1.30. The fourth-order valence-corrected chi connectivity index (χ4v) is 3.10. The minimum atomic E-state index is -0.264. The van der Waals surface area contributed by atoms with E-state index in [4.69, 9.17) is 22.1 Å². The van der Waals surface area contributed by atoms with Crippen LogP contribution in [0.4, 0.5) is 10.5 Å². The van der Waals surface area contributed by atoms with Crippen LogP contribution in [0.3, 0.4) is 0 Å². The molecule has 1 heterocycles. The molecule has 3 rings (SSSR count). The summed E-state index contributed by atoms with van der Waals surface area (Å²) in [4.78, 5) is 12.0. The largest absolute Gasteiger partial charge is 0.376 e. The molecule has 4 N–H and O–H groups in total. The van der Waals surface area contributed by atoms with Crippen LogP contribution in [0.25, 0.3) is 0 Å². The van der Waals surface area contributed by atoms with Crippen molar-refractivity contribution in [3.8, 4) is 0 Å². The number of benzene rings is 1. The van der Waals surface area contributed by atoms with Crippen LogP contribution in [0.2, 0.25) is 5.02 Å². The minimum Gasteiger partial charge on any atom is -0.376 e. The van der Waals surface area contributed by atoms with E-state index in [-0.39, 0.29) is 24.2 Å². The number of anilines is 1. The van der Waals surface area contributed by atoms with Crippen LogP contribution in [0.15, 0.2) is 24.3 Å². The van der Waals surface area contributed by atoms with Crippen molar-refractivity contribution in [2.75, 3.05) is 11.9 Å². The van der Waals surface area contributed by atoms with Crippen molar-refractivity contribution in [3.05, 3.63) is 29.3 Å². The standard InChI is InChI=1S/C14H18ClN3O2/c15-8-3-5-9(6-4-8)17-14(19)18-12-11(16)10-2-1-7-20-13(10)12/h3-6,10-13H,1-2,7,16H2,(H2,17,18,19). The molecular formula is C14H18ClN3O2. The summed E-state index contributed by atoms with van der Waals surface area (Å²) in [7, 11) is 0. The fraction of sp³-hybridized carbons (Fsp3) is 0.500. The number of fused-ring (bicyclic) bond motifs is 1. The molecule has 0 radical (unpaired) electrons. The molecule has 1 saturated carbocycles. The van der Waals surface area contributed by atoms with Gasteiger partial charge in [-0.15, -0.1) is 0 Å². The first-order chi connectivity index (χ1) is 9.65. The van der Waals surface area contributed by atoms with Gasteiger partial charge in [0.05, 0.1) is 12.1 Å². The van der Waals surface area contributed by atoms with Crippen LogP contribution in [-0.4, -0.2) is 30.8 Å². The lowest BCUT2D eigenvalue weighted by molar-refractivity contribution is -0.116. The van der Waals surface area contributed by atoms with Gasteiger partial charge < -0.3 is 21.1 Å². The number of rotatable bonds is 2. The SMILES string of the molecule is NC1C2CCCOC2C1NC(=O)Nc1ccc(Cl)cc1. The van der Waals surface area contributed by atoms with Crippen molar-refractivity contribution in [2.45, 2.75) is 31.0 Å². The first-order valence-corrected chi connectivity index (χ1v) is 7.23. The van der Waals surface area contributed by atoms with Crippen molar-refractivity contribution in [2.24, 2.45) is 11.7 Å². The highest BCUT2D eigenvalue weighted by Crippen LogP contribution is 2.36. The number of nitrogens with two attached hydrogens (primary N) is 1. The van der Waals surface area contributed by atoms with Crippen LogP contribution in [0.1, 0.15) is 12.8 Å². The van der Waals surface area contributed by atoms with E-state index in [1.807, 2.05) is 0 Å². The molecule has 0 aromatic heterocycles. The monoisotopic (exact) mass is 295 g/mol. The molecule has 5 nitrogen and oxygen atoms in total. The maximum atomic E-state index is 12.0. The lowest BCUT2D eigenvalue weighted by atomic mass is 9.69. The van der Waals surface area contributed by atoms with Crippen LogP contribution in [0, 0.1) is 5.92 Å². The van der Waals surface area contributed by atoms with Gasteiger partial charge in [-0.2, -0.15) is 0 Å². The van der Waals surface area contributed by atoms with E-state index >= 15 is 0 Å². The number of carbonyl (C=O) groups is 1. The summed E-state index contributed by atoms with van der Waals surface area (Å²) in [5.74, 6) is 0.379. The normalized spacial score (nSPS) is 31.9. The van der Waals surface area contributed by atoms with E-state index in [9.17, 15) is 4.79 Å². The third kappa shape index (κ3) is 2.61. The molecule has 20 heavy (non-hydrogen) atoms. The maximum absolute atomic E-state index is 12.0. The number of hydrogen-bond donors (Lipinski definition) is 3. The Bertz CT molecular complexity index is 494. The Morgan fingerprint density at radius 3 is 2.85 bits per heavy atom. The topological polar surface area (TPSA) is 76.4 Å². The van der Waals surface area contributed by atoms with Crippen molar-refractivity contribution < 1.29 is 9.53 Å². The van der Waals surface area contributed by atoms with Crippen LogP contribution in [-0.2, 0) is 4.74 Å². The van der Waals surface area contributed by atoms with Gasteiger partial charge in [-0.3, -0.25) is 0 Å². The van der Waals surface area contributed by atoms with E-state index in [0.29, 0.717) is 16.6 Å². The molecule has 2 aliphatic rings. The molecule has 108 valence electrons. The zero-order valence-electron chi connectivity index (χ0n) is 11.0. The van der Waals surface area contributed by atoms with Crippen molar-refractivity contribution in [3.63, 3.8) is 0 Å². The zero-order chi connectivity index (χ0) is 14.1. The molecule has 2 fully saturated rings. The first kappa shape index (κ1) is 13.7. The van der Waals surface area contributed by atoms with Gasteiger partial charge in [-0.25, -0.2) is 4.79 Å². The molecule has 1 aliphatic carbocycles. The molecule has 1 aliphatic heterocycles. The van der Waals surface area contributed by atoms with Gasteiger partial charge in [-0.05, 0) is 37.1 Å². The van der Waals surface area contributed by atoms with Gasteiger partial charge in [0.15, 0.2) is 0 Å². The highest BCUT2D eigenvalue weighted by molar-refractivity contribution is 6.30. The average Bonchev–Trinajstić information content (AvgIpc) is 2.47. The summed E-state index contributed by atoms with van der Waals surface area (Å²) in [5.41, 5.74) is 6.79.